The molecule has 0 spiro atoms. The van der Waals surface area contributed by atoms with Crippen molar-refractivity contribution in [3.63, 3.8) is 0 Å². The van der Waals surface area contributed by atoms with Gasteiger partial charge in [0.2, 0.25) is 0 Å². The minimum absolute atomic E-state index is 0. The summed E-state index contributed by atoms with van der Waals surface area (Å²) >= 11 is 0. The van der Waals surface area contributed by atoms with Gasteiger partial charge in [0.15, 0.2) is 0 Å². The summed E-state index contributed by atoms with van der Waals surface area (Å²) in [5.74, 6) is -2.41. The van der Waals surface area contributed by atoms with Crippen LogP contribution < -0.4 is 126 Å². The van der Waals surface area contributed by atoms with Crippen molar-refractivity contribution in [2.24, 2.45) is 35.5 Å². The maximum absolute atomic E-state index is 12.1. The second kappa shape index (κ2) is 22.9. The van der Waals surface area contributed by atoms with Crippen LogP contribution in [0.2, 0.25) is 0 Å². The molecule has 0 aromatic carbocycles. The van der Waals surface area contributed by atoms with Gasteiger partial charge >= 0.3 is 94.3 Å². The van der Waals surface area contributed by atoms with Crippen LogP contribution >= 0.6 is 0 Å². The van der Waals surface area contributed by atoms with Crippen LogP contribution in [0.15, 0.2) is 0 Å². The van der Waals surface area contributed by atoms with Crippen LogP contribution in [0, 0.1) is 41.9 Å². The van der Waals surface area contributed by atoms with Crippen molar-refractivity contribution in [2.45, 2.75) is 143 Å². The van der Waals surface area contributed by atoms with Gasteiger partial charge < -0.3 is 30.0 Å². The van der Waals surface area contributed by atoms with Gasteiger partial charge in [0.1, 0.15) is 12.6 Å². The summed E-state index contributed by atoms with van der Waals surface area (Å²) in [7, 11) is -14.0. The van der Waals surface area contributed by atoms with Crippen LogP contribution in [0.25, 0.3) is 0 Å². The number of carboxylic acids is 1. The monoisotopic (exact) mass is 799 g/mol. The van der Waals surface area contributed by atoms with Gasteiger partial charge in [-0.1, -0.05) is 18.8 Å². The molecule has 6 fully saturated rings. The van der Waals surface area contributed by atoms with E-state index in [0.29, 0.717) is 64.2 Å². The zero-order valence-electron chi connectivity index (χ0n) is 33.0. The van der Waals surface area contributed by atoms with Crippen LogP contribution in [-0.4, -0.2) is 91.5 Å². The summed E-state index contributed by atoms with van der Waals surface area (Å²) in [5, 5.41) is 25.7. The minimum Gasteiger partial charge on any atom is -0.748 e. The van der Waals surface area contributed by atoms with Gasteiger partial charge in [0.25, 0.3) is 0 Å². The Balaban J connectivity index is 0.00000302. The molecule has 24 heteroatoms. The van der Waals surface area contributed by atoms with E-state index in [1.54, 1.807) is 0 Å². The van der Waals surface area contributed by atoms with Gasteiger partial charge in [0.05, 0.1) is 47.0 Å². The maximum atomic E-state index is 12.1. The van der Waals surface area contributed by atoms with Gasteiger partial charge in [-0.05, 0) is 100 Å². The van der Waals surface area contributed by atoms with Crippen molar-refractivity contribution in [1.29, 1.82) is 0 Å². The first-order valence-electron chi connectivity index (χ1n) is 18.1. The Morgan fingerprint density at radius 2 is 1.16 bits per heavy atom. The van der Waals surface area contributed by atoms with Crippen LogP contribution in [-0.2, 0) is 35.1 Å². The third kappa shape index (κ3) is 14.5. The van der Waals surface area contributed by atoms with E-state index < -0.39 is 88.8 Å². The molecule has 16 nitrogen and oxygen atoms in total. The van der Waals surface area contributed by atoms with Crippen molar-refractivity contribution < 1.29 is 143 Å². The van der Waals surface area contributed by atoms with E-state index in [0.717, 1.165) is 19.3 Å². The zero-order chi connectivity index (χ0) is 36.0. The molecule has 0 aromatic rings. The smallest absolute Gasteiger partial charge is 0.748 e. The molecule has 5 aliphatic carbocycles. The number of nitrogens with one attached hydrogen (secondary N) is 5. The Morgan fingerprint density at radius 1 is 0.618 bits per heavy atom. The van der Waals surface area contributed by atoms with Gasteiger partial charge in [0, 0.05) is 23.3 Å². The quantitative estimate of drug-likeness (QED) is 0.0780. The zero-order valence-corrected chi connectivity index (χ0v) is 35.4. The topological polar surface area (TPSA) is 272 Å². The SMILES string of the molecule is O=C([O-])C1CCCC(CC2NC(NC3CCC4C(C[CH-]CC4S(=O)(=O)[O-])C3)NC(NC3CCC4C(C3)CC(S(=O)(=O)[O-])CC4S(=O)(=O)[O-])N2)C1.[Li+].[Li+].[Li+].[Li+].[Li+]. The first-order chi connectivity index (χ1) is 23.4. The summed E-state index contributed by atoms with van der Waals surface area (Å²) in [6, 6.07) is -0.144. The van der Waals surface area contributed by atoms with Gasteiger partial charge in [-0.15, -0.1) is 0 Å². The second-order valence-electron chi connectivity index (χ2n) is 15.8. The fourth-order valence-electron chi connectivity index (χ4n) is 10.4. The molecule has 5 N–H and O–H groups in total. The van der Waals surface area contributed by atoms with Gasteiger partial charge in [-0.2, -0.15) is 12.8 Å². The molecule has 5 saturated carbocycles. The third-order valence-electron chi connectivity index (χ3n) is 12.7. The third-order valence-corrected chi connectivity index (χ3v) is 16.4. The largest absolute Gasteiger partial charge is 1.00 e. The second-order valence-corrected chi connectivity index (χ2v) is 20.6. The van der Waals surface area contributed by atoms with Crippen LogP contribution in [0.3, 0.4) is 0 Å². The minimum atomic E-state index is -4.81. The molecule has 0 amide bonds. The molecule has 0 radical (unpaired) electrons. The first kappa shape index (κ1) is 55.0. The molecule has 14 atom stereocenters. The summed E-state index contributed by atoms with van der Waals surface area (Å²) in [5.41, 5.74) is 0. The summed E-state index contributed by atoms with van der Waals surface area (Å²) in [6.07, 6.45) is 8.22. The van der Waals surface area contributed by atoms with Crippen LogP contribution in [0.5, 0.6) is 0 Å². The summed E-state index contributed by atoms with van der Waals surface area (Å²) < 4.78 is 108. The predicted octanol–water partition coefficient (Wildman–Crippen LogP) is -16.1. The first-order valence-corrected chi connectivity index (χ1v) is 22.5. The molecule has 288 valence electrons. The Morgan fingerprint density at radius 3 is 1.69 bits per heavy atom. The van der Waals surface area contributed by atoms with E-state index in [-0.39, 0.29) is 137 Å². The van der Waals surface area contributed by atoms with E-state index in [1.807, 2.05) is 6.42 Å². The number of aliphatic carboxylic acids is 1. The molecule has 0 aromatic heterocycles. The number of fused-ring (bicyclic) bond motifs is 2. The van der Waals surface area contributed by atoms with Crippen LogP contribution in [0.1, 0.15) is 96.3 Å². The fraction of sp³-hybridized carbons (Fsp3) is 0.935. The Hall–Kier alpha value is 1.99. The summed E-state index contributed by atoms with van der Waals surface area (Å²) in [6.45, 7) is 0. The molecule has 1 heterocycles. The molecular formula is C31H50Li5N5O11S3. The molecule has 1 saturated heterocycles. The van der Waals surface area contributed by atoms with E-state index in [2.05, 4.69) is 26.6 Å². The number of rotatable bonds is 10. The van der Waals surface area contributed by atoms with E-state index in [4.69, 9.17) is 0 Å². The predicted molar refractivity (Wildman–Crippen MR) is 175 cm³/mol. The molecule has 14 unspecified atom stereocenters. The molecule has 6 rings (SSSR count). The average molecular weight is 800 g/mol. The molecule has 1 aliphatic heterocycles. The van der Waals surface area contributed by atoms with Crippen molar-refractivity contribution in [3.05, 3.63) is 6.42 Å². The average Bonchev–Trinajstić information content (AvgIpc) is 3.02. The van der Waals surface area contributed by atoms with E-state index >= 15 is 0 Å². The molecule has 55 heavy (non-hydrogen) atoms. The maximum Gasteiger partial charge on any atom is 1.00 e. The van der Waals surface area contributed by atoms with E-state index in [1.165, 1.54) is 0 Å². The normalized spacial score (nSPS) is 39.4. The molecular weight excluding hydrogens is 749 g/mol. The Labute approximate surface area is 387 Å². The Kier molecular flexibility index (Phi) is 22.9. The number of hydrogen-bond acceptors (Lipinski definition) is 16. The van der Waals surface area contributed by atoms with Crippen molar-refractivity contribution >= 4 is 36.3 Å². The van der Waals surface area contributed by atoms with E-state index in [9.17, 15) is 48.8 Å². The standard InChI is InChI=1S/C31H54N5O11S3.5Li/c37-29(38)19-5-1-3-17(11-19)12-28-34-30(32-21-7-9-24-18(13-21)4-2-6-26(24)49(42,43)44)36-31(35-28)33-22-8-10-25-20(14-22)15-23(48(39,40)41)16-27(25)50(45,46)47;;;;;/h2,17-28,30-36H,1,3-16H2,(H,37,38)(H,39,40,41)(H,42,43,44)(H,45,46,47);;;;;/q-1;5*+1/p-4. The van der Waals surface area contributed by atoms with Crippen molar-refractivity contribution in [3.8, 4) is 0 Å². The summed E-state index contributed by atoms with van der Waals surface area (Å²) in [4.78, 5) is 11.6. The number of carbonyl (C=O) groups is 1. The number of hydrogen-bond donors (Lipinski definition) is 5. The molecule has 0 bridgehead atoms. The molecule has 6 aliphatic rings. The van der Waals surface area contributed by atoms with Crippen molar-refractivity contribution in [2.75, 3.05) is 0 Å². The van der Waals surface area contributed by atoms with Gasteiger partial charge in [-0.3, -0.25) is 26.6 Å². The van der Waals surface area contributed by atoms with Crippen LogP contribution in [0.4, 0.5) is 0 Å². The number of carbonyl (C=O) groups excluding carboxylic acids is 1. The van der Waals surface area contributed by atoms with Crippen molar-refractivity contribution in [1.82, 2.24) is 26.6 Å². The Bertz CT molecular complexity index is 1570. The van der Waals surface area contributed by atoms with Gasteiger partial charge in [-0.25, -0.2) is 25.3 Å². The fourth-order valence-corrected chi connectivity index (χ4v) is 13.8. The number of carboxylic acid groups (broad SMARTS) is 1.